The fourth-order valence-corrected chi connectivity index (χ4v) is 3.46. The lowest BCUT2D eigenvalue weighted by atomic mass is 10.2. The Morgan fingerprint density at radius 2 is 2.11 bits per heavy atom. The lowest BCUT2D eigenvalue weighted by Crippen LogP contribution is -2.36. The normalized spacial score (nSPS) is 15.7. The van der Waals surface area contributed by atoms with Crippen LogP contribution in [0.3, 0.4) is 0 Å². The van der Waals surface area contributed by atoms with Gasteiger partial charge < -0.3 is 19.7 Å². The largest absolute Gasteiger partial charge is 0.491 e. The van der Waals surface area contributed by atoms with Crippen molar-refractivity contribution in [3.63, 3.8) is 0 Å². The Labute approximate surface area is 176 Å². The number of ether oxygens (including phenoxy) is 2. The third-order valence-electron chi connectivity index (χ3n) is 3.29. The van der Waals surface area contributed by atoms with Crippen molar-refractivity contribution in [1.82, 2.24) is 10.2 Å². The van der Waals surface area contributed by atoms with Gasteiger partial charge in [0, 0.05) is 17.1 Å². The van der Waals surface area contributed by atoms with E-state index in [1.54, 1.807) is 19.2 Å². The highest BCUT2D eigenvalue weighted by atomic mass is 79.9. The summed E-state index contributed by atoms with van der Waals surface area (Å²) in [7, 11) is 1.66. The molecule has 0 bridgehead atoms. The quantitative estimate of drug-likeness (QED) is 0.511. The highest BCUT2D eigenvalue weighted by Gasteiger charge is 2.23. The molecule has 1 N–H and O–H groups in total. The Kier molecular flexibility index (Phi) is 7.30. The number of amides is 2. The second kappa shape index (κ2) is 9.07. The SMILES string of the molecule is CN(CCOc1ccc(Br)cc1/C=C1\SC(=S)NC1=O)C(=O)OC(C)(C)C. The second-order valence-electron chi connectivity index (χ2n) is 6.78. The van der Waals surface area contributed by atoms with Crippen LogP contribution in [0.25, 0.3) is 6.08 Å². The summed E-state index contributed by atoms with van der Waals surface area (Å²) in [6.45, 7) is 6.10. The molecule has 1 aliphatic rings. The molecule has 0 unspecified atom stereocenters. The van der Waals surface area contributed by atoms with E-state index in [1.807, 2.05) is 32.9 Å². The van der Waals surface area contributed by atoms with Crippen LogP contribution in [-0.4, -0.2) is 47.0 Å². The van der Waals surface area contributed by atoms with E-state index in [4.69, 9.17) is 21.7 Å². The van der Waals surface area contributed by atoms with Crippen molar-refractivity contribution in [1.29, 1.82) is 0 Å². The molecule has 0 saturated carbocycles. The first-order valence-electron chi connectivity index (χ1n) is 8.16. The van der Waals surface area contributed by atoms with Crippen LogP contribution in [-0.2, 0) is 9.53 Å². The summed E-state index contributed by atoms with van der Waals surface area (Å²) in [5.41, 5.74) is 0.198. The smallest absolute Gasteiger partial charge is 0.410 e. The number of nitrogens with zero attached hydrogens (tertiary/aromatic N) is 1. The fourth-order valence-electron chi connectivity index (χ4n) is 2.05. The van der Waals surface area contributed by atoms with Gasteiger partial charge in [0.05, 0.1) is 11.4 Å². The average Bonchev–Trinajstić information content (AvgIpc) is 2.85. The predicted molar refractivity (Wildman–Crippen MR) is 115 cm³/mol. The molecule has 0 aliphatic carbocycles. The van der Waals surface area contributed by atoms with Crippen molar-refractivity contribution in [2.75, 3.05) is 20.2 Å². The molecule has 0 spiro atoms. The molecule has 1 saturated heterocycles. The van der Waals surface area contributed by atoms with E-state index in [1.165, 1.54) is 16.7 Å². The van der Waals surface area contributed by atoms with Crippen LogP contribution in [0.5, 0.6) is 5.75 Å². The van der Waals surface area contributed by atoms with E-state index in [2.05, 4.69) is 21.2 Å². The summed E-state index contributed by atoms with van der Waals surface area (Å²) in [5.74, 6) is 0.384. The maximum atomic E-state index is 12.0. The van der Waals surface area contributed by atoms with Gasteiger partial charge in [0.2, 0.25) is 0 Å². The molecule has 146 valence electrons. The van der Waals surface area contributed by atoms with Gasteiger partial charge in [-0.3, -0.25) is 4.79 Å². The molecule has 1 fully saturated rings. The molecular weight excluding hydrogens is 452 g/mol. The number of likely N-dealkylation sites (N-methyl/N-ethyl adjacent to an activating group) is 1. The molecule has 6 nitrogen and oxygen atoms in total. The number of carbonyl (C=O) groups is 2. The van der Waals surface area contributed by atoms with E-state index in [0.29, 0.717) is 21.5 Å². The average molecular weight is 473 g/mol. The number of hydrogen-bond donors (Lipinski definition) is 1. The van der Waals surface area contributed by atoms with Crippen LogP contribution in [0.15, 0.2) is 27.6 Å². The van der Waals surface area contributed by atoms with Gasteiger partial charge in [-0.05, 0) is 45.0 Å². The standard InChI is InChI=1S/C18H21BrN2O4S2/c1-18(2,3)25-17(23)21(4)7-8-24-13-6-5-12(19)9-11(13)10-14-15(22)20-16(26)27-14/h5-6,9-10H,7-8H2,1-4H3,(H,20,22,26)/b14-10-. The zero-order valence-electron chi connectivity index (χ0n) is 15.5. The third-order valence-corrected chi connectivity index (χ3v) is 4.95. The molecule has 9 heteroatoms. The minimum Gasteiger partial charge on any atom is -0.491 e. The summed E-state index contributed by atoms with van der Waals surface area (Å²) in [5, 5.41) is 2.59. The number of carbonyl (C=O) groups excluding carboxylic acids is 2. The molecule has 2 rings (SSSR count). The van der Waals surface area contributed by atoms with Gasteiger partial charge in [-0.15, -0.1) is 0 Å². The number of halogens is 1. The summed E-state index contributed by atoms with van der Waals surface area (Å²) < 4.78 is 12.4. The summed E-state index contributed by atoms with van der Waals surface area (Å²) in [6.07, 6.45) is 1.33. The van der Waals surface area contributed by atoms with Crippen molar-refractivity contribution in [2.24, 2.45) is 0 Å². The zero-order valence-corrected chi connectivity index (χ0v) is 18.7. The molecule has 1 aliphatic heterocycles. The third kappa shape index (κ3) is 6.82. The van der Waals surface area contributed by atoms with E-state index < -0.39 is 11.7 Å². The van der Waals surface area contributed by atoms with Crippen LogP contribution in [0.4, 0.5) is 4.79 Å². The van der Waals surface area contributed by atoms with Gasteiger partial charge in [0.25, 0.3) is 5.91 Å². The minimum absolute atomic E-state index is 0.222. The fraction of sp³-hybridized carbons (Fsp3) is 0.389. The second-order valence-corrected chi connectivity index (χ2v) is 9.42. The van der Waals surface area contributed by atoms with Gasteiger partial charge in [0.1, 0.15) is 22.3 Å². The first kappa shape index (κ1) is 21.7. The lowest BCUT2D eigenvalue weighted by molar-refractivity contribution is -0.115. The first-order chi connectivity index (χ1) is 12.5. The Morgan fingerprint density at radius 1 is 1.41 bits per heavy atom. The van der Waals surface area contributed by atoms with E-state index in [9.17, 15) is 9.59 Å². The Balaban J connectivity index is 2.03. The van der Waals surface area contributed by atoms with Crippen LogP contribution in [0, 0.1) is 0 Å². The maximum absolute atomic E-state index is 12.0. The predicted octanol–water partition coefficient (Wildman–Crippen LogP) is 4.18. The van der Waals surface area contributed by atoms with Crippen molar-refractivity contribution < 1.29 is 19.1 Å². The summed E-state index contributed by atoms with van der Waals surface area (Å²) in [6, 6.07) is 5.51. The number of hydrogen-bond acceptors (Lipinski definition) is 6. The molecular formula is C18H21BrN2O4S2. The van der Waals surface area contributed by atoms with E-state index in [-0.39, 0.29) is 12.5 Å². The Bertz CT molecular complexity index is 790. The number of benzene rings is 1. The Hall–Kier alpha value is -1.58. The summed E-state index contributed by atoms with van der Waals surface area (Å²) >= 11 is 9.65. The molecule has 1 heterocycles. The molecule has 1 aromatic rings. The number of thioether (sulfide) groups is 1. The molecule has 27 heavy (non-hydrogen) atoms. The molecule has 0 radical (unpaired) electrons. The number of thiocarbonyl (C=S) groups is 1. The maximum Gasteiger partial charge on any atom is 0.410 e. The van der Waals surface area contributed by atoms with Crippen molar-refractivity contribution in [3.8, 4) is 5.75 Å². The monoisotopic (exact) mass is 472 g/mol. The van der Waals surface area contributed by atoms with Crippen LogP contribution in [0.2, 0.25) is 0 Å². The highest BCUT2D eigenvalue weighted by Crippen LogP contribution is 2.31. The zero-order chi connectivity index (χ0) is 20.2. The molecule has 1 aromatic carbocycles. The molecule has 0 atom stereocenters. The van der Waals surface area contributed by atoms with Crippen molar-refractivity contribution in [3.05, 3.63) is 33.1 Å². The highest BCUT2D eigenvalue weighted by molar-refractivity contribution is 9.10. The van der Waals surface area contributed by atoms with Gasteiger partial charge >= 0.3 is 6.09 Å². The van der Waals surface area contributed by atoms with Crippen molar-refractivity contribution >= 4 is 62.3 Å². The van der Waals surface area contributed by atoms with Crippen LogP contribution in [0.1, 0.15) is 26.3 Å². The van der Waals surface area contributed by atoms with Gasteiger partial charge in [-0.25, -0.2) is 4.79 Å². The lowest BCUT2D eigenvalue weighted by Gasteiger charge is -2.24. The number of rotatable bonds is 5. The minimum atomic E-state index is -0.544. The van der Waals surface area contributed by atoms with Crippen LogP contribution < -0.4 is 10.1 Å². The van der Waals surface area contributed by atoms with E-state index >= 15 is 0 Å². The topological polar surface area (TPSA) is 67.9 Å². The summed E-state index contributed by atoms with van der Waals surface area (Å²) in [4.78, 5) is 25.8. The van der Waals surface area contributed by atoms with Crippen LogP contribution >= 0.6 is 39.9 Å². The molecule has 2 amide bonds. The molecule has 0 aromatic heterocycles. The Morgan fingerprint density at radius 3 is 2.70 bits per heavy atom. The van der Waals surface area contributed by atoms with Gasteiger partial charge in [-0.2, -0.15) is 0 Å². The van der Waals surface area contributed by atoms with Gasteiger partial charge in [0.15, 0.2) is 0 Å². The first-order valence-corrected chi connectivity index (χ1v) is 10.2. The number of nitrogens with one attached hydrogen (secondary N) is 1. The van der Waals surface area contributed by atoms with E-state index in [0.717, 1.165) is 10.0 Å². The van der Waals surface area contributed by atoms with Crippen molar-refractivity contribution in [2.45, 2.75) is 26.4 Å². The van der Waals surface area contributed by atoms with Gasteiger partial charge in [-0.1, -0.05) is 39.9 Å².